The first-order valence-corrected chi connectivity index (χ1v) is 43.0. The molecule has 0 rings (SSSR count). The van der Waals surface area contributed by atoms with Crippen LogP contribution in [0.4, 0.5) is 0 Å². The van der Waals surface area contributed by atoms with Gasteiger partial charge in [-0.1, -0.05) is 274 Å². The van der Waals surface area contributed by atoms with E-state index in [1.807, 2.05) is 18.2 Å². The summed E-state index contributed by atoms with van der Waals surface area (Å²) >= 11 is 0. The van der Waals surface area contributed by atoms with Crippen LogP contribution in [0, 0.1) is 0 Å². The van der Waals surface area contributed by atoms with Gasteiger partial charge in [-0.2, -0.15) is 0 Å². The maximum Gasteiger partial charge on any atom is 0.472 e. The molecule has 600 valence electrons. The van der Waals surface area contributed by atoms with Gasteiger partial charge in [0.1, 0.15) is 19.3 Å². The van der Waals surface area contributed by atoms with Crippen LogP contribution in [0.15, 0.2) is 182 Å². The van der Waals surface area contributed by atoms with E-state index in [2.05, 4.69) is 192 Å². The van der Waals surface area contributed by atoms with E-state index in [1.54, 1.807) is 0 Å². The van der Waals surface area contributed by atoms with Crippen LogP contribution in [-0.4, -0.2) is 96.7 Å². The third kappa shape index (κ3) is 76.4. The Balaban J connectivity index is 5.50. The van der Waals surface area contributed by atoms with Crippen LogP contribution in [0.2, 0.25) is 0 Å². The number of rotatable bonds is 73. The van der Waals surface area contributed by atoms with E-state index in [4.69, 9.17) is 37.0 Å². The Morgan fingerprint density at radius 2 is 0.509 bits per heavy atom. The van der Waals surface area contributed by atoms with Crippen molar-refractivity contribution < 1.29 is 80.2 Å². The molecule has 0 radical (unpaired) electrons. The van der Waals surface area contributed by atoms with Crippen LogP contribution in [0.25, 0.3) is 0 Å². The fraction of sp³-hybridized carbons (Fsp3) is 0.609. The molecular weight excluding hydrogens is 1380 g/mol. The Bertz CT molecular complexity index is 2730. The maximum absolute atomic E-state index is 13.1. The summed E-state index contributed by atoms with van der Waals surface area (Å²) < 4.78 is 68.5. The zero-order chi connectivity index (χ0) is 77.4. The number of hydrogen-bond donors (Lipinski definition) is 3. The molecule has 106 heavy (non-hydrogen) atoms. The van der Waals surface area contributed by atoms with E-state index in [-0.39, 0.29) is 25.7 Å². The Kier molecular flexibility index (Phi) is 73.1. The van der Waals surface area contributed by atoms with Crippen LogP contribution in [0.3, 0.4) is 0 Å². The summed E-state index contributed by atoms with van der Waals surface area (Å²) in [6.07, 6.45) is 93.2. The second-order valence-corrected chi connectivity index (χ2v) is 28.8. The average Bonchev–Trinajstić information content (AvgIpc) is 0.903. The van der Waals surface area contributed by atoms with Crippen LogP contribution in [0.5, 0.6) is 0 Å². The second kappa shape index (κ2) is 77.3. The first-order valence-electron chi connectivity index (χ1n) is 40.0. The van der Waals surface area contributed by atoms with E-state index >= 15 is 0 Å². The van der Waals surface area contributed by atoms with Gasteiger partial charge in [-0.25, -0.2) is 9.13 Å². The molecule has 19 heteroatoms. The smallest absolute Gasteiger partial charge is 0.462 e. The Morgan fingerprint density at radius 1 is 0.274 bits per heavy atom. The van der Waals surface area contributed by atoms with Crippen LogP contribution in [-0.2, 0) is 65.4 Å². The molecule has 5 atom stereocenters. The van der Waals surface area contributed by atoms with Crippen molar-refractivity contribution in [3.8, 4) is 0 Å². The SMILES string of the molecule is CC/C=C\C/C=C\C/C=C\C/C=C\C/C=C\C/C=C\CCC(=O)OCC(COP(=O)(O)OCC(O)COP(=O)(O)OCC(COC(=O)CCCCCCC/C=C\C/C=C\C/C=C\CC)OC(=O)CCCCCCC/C=C\CCCCCC)OC(=O)CCCCC/C=C\C/C=C\C/C=C\C/C=C\C/C=C\CC. The lowest BCUT2D eigenvalue weighted by Gasteiger charge is -2.21. The highest BCUT2D eigenvalue weighted by molar-refractivity contribution is 7.47. The van der Waals surface area contributed by atoms with Gasteiger partial charge in [0.05, 0.1) is 26.4 Å². The summed E-state index contributed by atoms with van der Waals surface area (Å²) in [6, 6.07) is 0. The summed E-state index contributed by atoms with van der Waals surface area (Å²) in [5.41, 5.74) is 0. The highest BCUT2D eigenvalue weighted by atomic mass is 31.2. The van der Waals surface area contributed by atoms with E-state index in [1.165, 1.54) is 25.7 Å². The molecule has 0 amide bonds. The van der Waals surface area contributed by atoms with Crippen LogP contribution < -0.4 is 0 Å². The number of aliphatic hydroxyl groups excluding tert-OH is 1. The standard InChI is InChI=1S/C87H140O17P2/c1-5-9-13-17-21-25-29-33-36-38-40-42-45-49-52-56-60-64-68-72-85(90)98-78-83(104-87(92)74-70-66-62-58-54-50-46-43-41-39-37-34-30-26-22-18-14-10-6-2)80-102-106(95,96)100-76-81(88)75-99-105(93,94)101-79-82(103-86(91)73-69-65-61-57-53-47-32-28-24-20-16-12-8-4)77-97-84(89)71-67-63-59-55-51-48-44-35-31-27-23-19-15-11-7-3/h9-11,13-15,21-23,25-28,32-37,40-44,49-50,52,54,60,64,81-83,88H,5-8,12,16-20,24,29-31,38-39,45-48,51,53,55-59,61-63,65-80H2,1-4H3,(H,93,94)(H,95,96)/b13-9-,14-10-,15-11-,25-21-,26-22-,27-23-,32-28-,36-33-,37-34-,42-40-,43-41-,44-35-,52-49-,54-50-,64-60-. The van der Waals surface area contributed by atoms with Crippen molar-refractivity contribution in [2.75, 3.05) is 39.6 Å². The number of allylic oxidation sites excluding steroid dienone is 30. The number of unbranched alkanes of at least 4 members (excludes halogenated alkanes) is 17. The quantitative estimate of drug-likeness (QED) is 0.0169. The van der Waals surface area contributed by atoms with Gasteiger partial charge in [0, 0.05) is 25.7 Å². The van der Waals surface area contributed by atoms with Gasteiger partial charge in [0.15, 0.2) is 12.2 Å². The Labute approximate surface area is 641 Å². The van der Waals surface area contributed by atoms with Crippen molar-refractivity contribution in [3.63, 3.8) is 0 Å². The number of aliphatic hydroxyl groups is 1. The third-order valence-electron chi connectivity index (χ3n) is 15.9. The van der Waals surface area contributed by atoms with Crippen molar-refractivity contribution in [1.82, 2.24) is 0 Å². The summed E-state index contributed by atoms with van der Waals surface area (Å²) in [4.78, 5) is 73.0. The summed E-state index contributed by atoms with van der Waals surface area (Å²) in [7, 11) is -10.0. The van der Waals surface area contributed by atoms with E-state index in [0.717, 1.165) is 173 Å². The molecule has 0 aromatic rings. The zero-order valence-electron chi connectivity index (χ0n) is 65.5. The van der Waals surface area contributed by atoms with Crippen molar-refractivity contribution >= 4 is 39.5 Å². The summed E-state index contributed by atoms with van der Waals surface area (Å²) in [5.74, 6) is -2.35. The summed E-state index contributed by atoms with van der Waals surface area (Å²) in [6.45, 7) is 4.35. The van der Waals surface area contributed by atoms with E-state index in [9.17, 15) is 43.2 Å². The first kappa shape index (κ1) is 100. The average molecular weight is 1520 g/mol. The van der Waals surface area contributed by atoms with Gasteiger partial charge in [-0.15, -0.1) is 0 Å². The minimum absolute atomic E-state index is 0.0210. The number of carbonyl (C=O) groups excluding carboxylic acids is 4. The number of carbonyl (C=O) groups is 4. The van der Waals surface area contributed by atoms with Gasteiger partial charge in [0.2, 0.25) is 0 Å². The van der Waals surface area contributed by atoms with Crippen molar-refractivity contribution in [2.24, 2.45) is 0 Å². The second-order valence-electron chi connectivity index (χ2n) is 25.9. The molecule has 5 unspecified atom stereocenters. The molecule has 3 N–H and O–H groups in total. The number of ether oxygens (including phenoxy) is 4. The van der Waals surface area contributed by atoms with Gasteiger partial charge >= 0.3 is 39.5 Å². The number of phosphoric ester groups is 2. The Hall–Kier alpha value is -5.84. The first-order chi connectivity index (χ1) is 51.7. The van der Waals surface area contributed by atoms with Crippen molar-refractivity contribution in [1.29, 1.82) is 0 Å². The zero-order valence-corrected chi connectivity index (χ0v) is 67.3. The minimum Gasteiger partial charge on any atom is -0.462 e. The molecule has 0 aliphatic heterocycles. The molecule has 0 spiro atoms. The van der Waals surface area contributed by atoms with Gasteiger partial charge in [0.25, 0.3) is 0 Å². The van der Waals surface area contributed by atoms with Gasteiger partial charge < -0.3 is 33.8 Å². The van der Waals surface area contributed by atoms with Crippen molar-refractivity contribution in [2.45, 2.75) is 303 Å². The Morgan fingerprint density at radius 3 is 0.830 bits per heavy atom. The molecule has 0 aliphatic carbocycles. The monoisotopic (exact) mass is 1520 g/mol. The normalized spacial score (nSPS) is 14.8. The minimum atomic E-state index is -5.01. The molecule has 0 aromatic heterocycles. The van der Waals surface area contributed by atoms with Gasteiger partial charge in [-0.3, -0.25) is 37.3 Å². The van der Waals surface area contributed by atoms with E-state index < -0.39 is 97.5 Å². The lowest BCUT2D eigenvalue weighted by molar-refractivity contribution is -0.161. The molecule has 17 nitrogen and oxygen atoms in total. The predicted octanol–water partition coefficient (Wildman–Crippen LogP) is 23.6. The van der Waals surface area contributed by atoms with Crippen molar-refractivity contribution in [3.05, 3.63) is 182 Å². The maximum atomic E-state index is 13.1. The molecular formula is C87H140O17P2. The van der Waals surface area contributed by atoms with E-state index in [0.29, 0.717) is 32.1 Å². The topological polar surface area (TPSA) is 237 Å². The fourth-order valence-electron chi connectivity index (χ4n) is 9.87. The summed E-state index contributed by atoms with van der Waals surface area (Å²) in [5, 5.41) is 10.6. The lowest BCUT2D eigenvalue weighted by Crippen LogP contribution is -2.30. The highest BCUT2D eigenvalue weighted by Crippen LogP contribution is 2.45. The van der Waals surface area contributed by atoms with Gasteiger partial charge in [-0.05, 0) is 167 Å². The third-order valence-corrected chi connectivity index (χ3v) is 17.8. The van der Waals surface area contributed by atoms with Crippen LogP contribution in [0.1, 0.15) is 285 Å². The number of phosphoric acid groups is 2. The van der Waals surface area contributed by atoms with Crippen LogP contribution >= 0.6 is 15.6 Å². The number of hydrogen-bond acceptors (Lipinski definition) is 15. The molecule has 0 bridgehead atoms. The molecule has 0 heterocycles. The fourth-order valence-corrected chi connectivity index (χ4v) is 11.4. The molecule has 0 fully saturated rings. The molecule has 0 aromatic carbocycles. The molecule has 0 saturated carbocycles. The predicted molar refractivity (Wildman–Crippen MR) is 436 cm³/mol. The number of esters is 4. The molecule has 0 saturated heterocycles. The largest absolute Gasteiger partial charge is 0.472 e. The lowest BCUT2D eigenvalue weighted by atomic mass is 10.1. The molecule has 0 aliphatic rings. The highest BCUT2D eigenvalue weighted by Gasteiger charge is 2.30.